The van der Waals surface area contributed by atoms with Crippen molar-refractivity contribution < 1.29 is 22.7 Å². The second kappa shape index (κ2) is 8.45. The molecule has 2 aromatic carbocycles. The molecule has 0 bridgehead atoms. The van der Waals surface area contributed by atoms with E-state index in [1.54, 1.807) is 12.1 Å². The molecule has 3 nitrogen and oxygen atoms in total. The highest BCUT2D eigenvalue weighted by Crippen LogP contribution is 2.33. The van der Waals surface area contributed by atoms with Crippen LogP contribution in [0.4, 0.5) is 18.0 Å². The summed E-state index contributed by atoms with van der Waals surface area (Å²) < 4.78 is 43.7. The number of benzene rings is 2. The quantitative estimate of drug-likeness (QED) is 0.803. The van der Waals surface area contributed by atoms with E-state index in [1.165, 1.54) is 12.1 Å². The lowest BCUT2D eigenvalue weighted by atomic mass is 10.1. The smallest absolute Gasteiger partial charge is 0.417 e. The molecule has 0 saturated heterocycles. The first-order valence-electron chi connectivity index (χ1n) is 7.16. The zero-order valence-electron chi connectivity index (χ0n) is 12.9. The third-order valence-corrected chi connectivity index (χ3v) is 3.28. The Labute approximate surface area is 147 Å². The van der Waals surface area contributed by atoms with E-state index in [2.05, 4.69) is 17.2 Å². The Balaban J connectivity index is 1.89. The van der Waals surface area contributed by atoms with E-state index in [4.69, 9.17) is 16.3 Å². The zero-order valence-corrected chi connectivity index (χ0v) is 13.6. The van der Waals surface area contributed by atoms with E-state index in [-0.39, 0.29) is 23.7 Å². The lowest BCUT2D eigenvalue weighted by Gasteiger charge is -2.09. The summed E-state index contributed by atoms with van der Waals surface area (Å²) in [5.74, 6) is 4.83. The normalized spacial score (nSPS) is 10.6. The Morgan fingerprint density at radius 1 is 1.16 bits per heavy atom. The van der Waals surface area contributed by atoms with Crippen LogP contribution < -0.4 is 5.32 Å². The molecule has 130 valence electrons. The van der Waals surface area contributed by atoms with Crippen LogP contribution in [0.3, 0.4) is 0 Å². The van der Waals surface area contributed by atoms with Gasteiger partial charge in [-0.05, 0) is 23.8 Å². The summed E-state index contributed by atoms with van der Waals surface area (Å²) in [5.41, 5.74) is -0.310. The summed E-state index contributed by atoms with van der Waals surface area (Å²) in [6.45, 7) is -0.0525. The maximum Gasteiger partial charge on any atom is 0.417 e. The van der Waals surface area contributed by atoms with Crippen molar-refractivity contribution in [2.45, 2.75) is 12.8 Å². The van der Waals surface area contributed by atoms with Crippen LogP contribution in [0.1, 0.15) is 16.7 Å². The van der Waals surface area contributed by atoms with E-state index >= 15 is 0 Å². The van der Waals surface area contributed by atoms with Gasteiger partial charge in [-0.2, -0.15) is 13.2 Å². The third kappa shape index (κ3) is 6.05. The topological polar surface area (TPSA) is 38.3 Å². The van der Waals surface area contributed by atoms with Crippen LogP contribution in [-0.2, 0) is 17.5 Å². The molecule has 0 fully saturated rings. The molecule has 0 aromatic heterocycles. The van der Waals surface area contributed by atoms with Crippen LogP contribution in [0.15, 0.2) is 48.5 Å². The summed E-state index contributed by atoms with van der Waals surface area (Å²) in [6.07, 6.45) is -5.26. The van der Waals surface area contributed by atoms with Gasteiger partial charge in [0.2, 0.25) is 0 Å². The molecule has 0 radical (unpaired) electrons. The Kier molecular flexibility index (Phi) is 6.31. The second-order valence-corrected chi connectivity index (χ2v) is 5.34. The van der Waals surface area contributed by atoms with E-state index in [0.717, 1.165) is 11.6 Å². The van der Waals surface area contributed by atoms with Gasteiger partial charge in [0.15, 0.2) is 0 Å². The van der Waals surface area contributed by atoms with Gasteiger partial charge in [-0.1, -0.05) is 53.8 Å². The van der Waals surface area contributed by atoms with E-state index in [0.29, 0.717) is 0 Å². The molecule has 0 aliphatic rings. The minimum Gasteiger partial charge on any atom is -0.445 e. The molecule has 1 N–H and O–H groups in total. The van der Waals surface area contributed by atoms with Gasteiger partial charge in [0, 0.05) is 10.6 Å². The lowest BCUT2D eigenvalue weighted by Crippen LogP contribution is -2.24. The number of halogens is 4. The fraction of sp³-hybridized carbons (Fsp3) is 0.167. The van der Waals surface area contributed by atoms with Gasteiger partial charge in [0.1, 0.15) is 6.61 Å². The largest absolute Gasteiger partial charge is 0.445 e. The maximum absolute atomic E-state index is 12.9. The zero-order chi connectivity index (χ0) is 18.3. The Bertz CT molecular complexity index is 795. The summed E-state index contributed by atoms with van der Waals surface area (Å²) in [4.78, 5) is 11.5. The highest BCUT2D eigenvalue weighted by atomic mass is 35.5. The molecule has 0 unspecified atom stereocenters. The Morgan fingerprint density at radius 2 is 1.88 bits per heavy atom. The number of carbonyl (C=O) groups excluding carboxylic acids is 1. The number of nitrogens with one attached hydrogen (secondary N) is 1. The molecular formula is C18H13ClF3NO2. The highest BCUT2D eigenvalue weighted by Gasteiger charge is 2.33. The summed E-state index contributed by atoms with van der Waals surface area (Å²) in [7, 11) is 0. The average Bonchev–Trinajstić information content (AvgIpc) is 2.58. The molecule has 25 heavy (non-hydrogen) atoms. The number of amides is 1. The summed E-state index contributed by atoms with van der Waals surface area (Å²) >= 11 is 5.59. The van der Waals surface area contributed by atoms with Crippen LogP contribution >= 0.6 is 11.6 Å². The maximum atomic E-state index is 12.9. The van der Waals surface area contributed by atoms with Gasteiger partial charge in [0.25, 0.3) is 0 Å². The number of hydrogen-bond acceptors (Lipinski definition) is 2. The minimum atomic E-state index is -4.56. The molecule has 2 aromatic rings. The Morgan fingerprint density at radius 3 is 2.56 bits per heavy atom. The van der Waals surface area contributed by atoms with Crippen molar-refractivity contribution in [2.24, 2.45) is 0 Å². The number of hydrogen-bond donors (Lipinski definition) is 1. The first-order chi connectivity index (χ1) is 11.9. The van der Waals surface area contributed by atoms with Crippen molar-refractivity contribution in [3.05, 3.63) is 70.2 Å². The van der Waals surface area contributed by atoms with Crippen molar-refractivity contribution in [3.63, 3.8) is 0 Å². The first kappa shape index (κ1) is 18.7. The van der Waals surface area contributed by atoms with Gasteiger partial charge >= 0.3 is 12.3 Å². The van der Waals surface area contributed by atoms with E-state index in [9.17, 15) is 18.0 Å². The van der Waals surface area contributed by atoms with Crippen LogP contribution in [0.5, 0.6) is 0 Å². The average molecular weight is 368 g/mol. The first-order valence-corrected chi connectivity index (χ1v) is 7.54. The number of alkyl halides is 3. The predicted molar refractivity (Wildman–Crippen MR) is 88.0 cm³/mol. The van der Waals surface area contributed by atoms with Crippen molar-refractivity contribution in [1.82, 2.24) is 5.32 Å². The number of rotatable bonds is 3. The standard InChI is InChI=1S/C18H13ClF3NO2/c19-15-9-8-14(16(11-15)18(20,21)22)7-4-10-23-17(24)25-12-13-5-2-1-3-6-13/h1-3,5-6,8-9,11H,10,12H2,(H,23,24). The van der Waals surface area contributed by atoms with Crippen molar-refractivity contribution in [1.29, 1.82) is 0 Å². The van der Waals surface area contributed by atoms with Gasteiger partial charge < -0.3 is 10.1 Å². The van der Waals surface area contributed by atoms with Crippen molar-refractivity contribution >= 4 is 17.7 Å². The van der Waals surface area contributed by atoms with Crippen LogP contribution in [0.2, 0.25) is 5.02 Å². The fourth-order valence-corrected chi connectivity index (χ4v) is 2.06. The molecule has 0 aliphatic heterocycles. The van der Waals surface area contributed by atoms with E-state index < -0.39 is 17.8 Å². The molecule has 0 atom stereocenters. The minimum absolute atomic E-state index is 0.0273. The second-order valence-electron chi connectivity index (χ2n) is 4.90. The van der Waals surface area contributed by atoms with Gasteiger partial charge in [-0.25, -0.2) is 4.79 Å². The predicted octanol–water partition coefficient (Wildman–Crippen LogP) is 4.64. The fourth-order valence-electron chi connectivity index (χ4n) is 1.89. The SMILES string of the molecule is O=C(NCC#Cc1ccc(Cl)cc1C(F)(F)F)OCc1ccccc1. The van der Waals surface area contributed by atoms with Crippen molar-refractivity contribution in [3.8, 4) is 11.8 Å². The highest BCUT2D eigenvalue weighted by molar-refractivity contribution is 6.30. The molecule has 2 rings (SSSR count). The third-order valence-electron chi connectivity index (χ3n) is 3.04. The number of alkyl carbamates (subject to hydrolysis) is 1. The van der Waals surface area contributed by atoms with Crippen LogP contribution in [0.25, 0.3) is 0 Å². The molecule has 0 saturated carbocycles. The molecule has 1 amide bonds. The van der Waals surface area contributed by atoms with Crippen molar-refractivity contribution in [2.75, 3.05) is 6.54 Å². The van der Waals surface area contributed by atoms with Crippen LogP contribution in [-0.4, -0.2) is 12.6 Å². The molecule has 0 spiro atoms. The number of carbonyl (C=O) groups is 1. The molecular weight excluding hydrogens is 355 g/mol. The lowest BCUT2D eigenvalue weighted by molar-refractivity contribution is -0.137. The summed E-state index contributed by atoms with van der Waals surface area (Å²) in [6, 6.07) is 12.4. The monoisotopic (exact) mass is 367 g/mol. The van der Waals surface area contributed by atoms with Gasteiger partial charge in [-0.3, -0.25) is 0 Å². The van der Waals surface area contributed by atoms with Gasteiger partial charge in [-0.15, -0.1) is 0 Å². The van der Waals surface area contributed by atoms with Gasteiger partial charge in [0.05, 0.1) is 12.1 Å². The number of ether oxygens (including phenoxy) is 1. The van der Waals surface area contributed by atoms with E-state index in [1.807, 2.05) is 18.2 Å². The summed E-state index contributed by atoms with van der Waals surface area (Å²) in [5, 5.41) is 2.32. The Hall–Kier alpha value is -2.65. The van der Waals surface area contributed by atoms with Crippen LogP contribution in [0, 0.1) is 11.8 Å². The molecule has 0 heterocycles. The molecule has 7 heteroatoms. The molecule has 0 aliphatic carbocycles.